The maximum Gasteiger partial charge on any atom is 0.319 e. The number of aromatic nitrogens is 1. The number of benzene rings is 1. The number of morpholine rings is 1. The zero-order valence-corrected chi connectivity index (χ0v) is 17.3. The number of nitrogens with one attached hydrogen (secondary N) is 2. The third-order valence-corrected chi connectivity index (χ3v) is 5.06. The summed E-state index contributed by atoms with van der Waals surface area (Å²) in [6, 6.07) is 14.0. The molecule has 2 amide bonds. The molecule has 1 fully saturated rings. The van der Waals surface area contributed by atoms with E-state index >= 15 is 0 Å². The van der Waals surface area contributed by atoms with E-state index in [1.807, 2.05) is 18.2 Å². The van der Waals surface area contributed by atoms with Gasteiger partial charge < -0.3 is 20.3 Å². The second kappa shape index (κ2) is 10.8. The Labute approximate surface area is 173 Å². The molecule has 7 nitrogen and oxygen atoms in total. The van der Waals surface area contributed by atoms with Gasteiger partial charge >= 0.3 is 6.03 Å². The van der Waals surface area contributed by atoms with Gasteiger partial charge in [-0.3, -0.25) is 4.90 Å². The van der Waals surface area contributed by atoms with Gasteiger partial charge in [-0.1, -0.05) is 30.3 Å². The van der Waals surface area contributed by atoms with E-state index in [-0.39, 0.29) is 12.1 Å². The number of carbonyl (C=O) groups is 1. The predicted molar refractivity (Wildman–Crippen MR) is 116 cm³/mol. The van der Waals surface area contributed by atoms with E-state index in [9.17, 15) is 4.79 Å². The maximum absolute atomic E-state index is 12.2. The van der Waals surface area contributed by atoms with E-state index < -0.39 is 0 Å². The highest BCUT2D eigenvalue weighted by Crippen LogP contribution is 2.14. The normalized spacial score (nSPS) is 17.0. The smallest absolute Gasteiger partial charge is 0.319 e. The van der Waals surface area contributed by atoms with E-state index in [1.165, 1.54) is 5.56 Å². The van der Waals surface area contributed by atoms with Crippen molar-refractivity contribution in [2.75, 3.05) is 49.5 Å². The number of hydrogen-bond donors (Lipinski definition) is 2. The van der Waals surface area contributed by atoms with Crippen molar-refractivity contribution < 1.29 is 9.53 Å². The van der Waals surface area contributed by atoms with E-state index in [0.29, 0.717) is 18.8 Å². The molecule has 0 radical (unpaired) electrons. The van der Waals surface area contributed by atoms with Crippen molar-refractivity contribution >= 4 is 17.5 Å². The first-order valence-corrected chi connectivity index (χ1v) is 10.3. The highest BCUT2D eigenvalue weighted by molar-refractivity contribution is 5.89. The van der Waals surface area contributed by atoms with Crippen LogP contribution >= 0.6 is 0 Å². The summed E-state index contributed by atoms with van der Waals surface area (Å²) in [5, 5.41) is 5.74. The average molecular weight is 398 g/mol. The summed E-state index contributed by atoms with van der Waals surface area (Å²) in [7, 11) is 0. The van der Waals surface area contributed by atoms with Crippen LogP contribution in [0.15, 0.2) is 48.7 Å². The summed E-state index contributed by atoms with van der Waals surface area (Å²) in [5.74, 6) is 0.912. The zero-order valence-electron chi connectivity index (χ0n) is 17.3. The highest BCUT2D eigenvalue weighted by atomic mass is 16.5. The lowest BCUT2D eigenvalue weighted by Gasteiger charge is -2.33. The van der Waals surface area contributed by atoms with Crippen molar-refractivity contribution in [1.29, 1.82) is 0 Å². The minimum atomic E-state index is -0.244. The lowest BCUT2D eigenvalue weighted by Crippen LogP contribution is -2.47. The first-order chi connectivity index (χ1) is 14.2. The number of urea groups is 1. The molecule has 3 rings (SSSR count). The van der Waals surface area contributed by atoms with E-state index in [0.717, 1.165) is 38.5 Å². The molecule has 0 aliphatic carbocycles. The molecule has 1 aliphatic rings. The number of nitrogens with zero attached hydrogens (tertiary/aromatic N) is 3. The summed E-state index contributed by atoms with van der Waals surface area (Å²) in [6.45, 7) is 9.76. The van der Waals surface area contributed by atoms with Crippen molar-refractivity contribution in [2.45, 2.75) is 26.5 Å². The Bertz CT molecular complexity index is 750. The molecule has 0 spiro atoms. The molecule has 2 aromatic rings. The van der Waals surface area contributed by atoms with Crippen LogP contribution in [0.25, 0.3) is 0 Å². The fourth-order valence-electron chi connectivity index (χ4n) is 3.47. The third kappa shape index (κ3) is 6.44. The molecule has 0 bridgehead atoms. The van der Waals surface area contributed by atoms with Crippen LogP contribution in [0, 0.1) is 0 Å². The van der Waals surface area contributed by atoms with Gasteiger partial charge in [0.05, 0.1) is 24.6 Å². The monoisotopic (exact) mass is 397 g/mol. The molecule has 1 aliphatic heterocycles. The molecule has 2 N–H and O–H groups in total. The van der Waals surface area contributed by atoms with Crippen molar-refractivity contribution in [3.05, 3.63) is 54.2 Å². The van der Waals surface area contributed by atoms with Crippen molar-refractivity contribution in [1.82, 2.24) is 15.2 Å². The molecular weight excluding hydrogens is 366 g/mol. The average Bonchev–Trinajstić information content (AvgIpc) is 2.75. The van der Waals surface area contributed by atoms with Gasteiger partial charge in [-0.2, -0.15) is 0 Å². The topological polar surface area (TPSA) is 69.7 Å². The number of carbonyl (C=O) groups excluding carboxylic acids is 1. The Morgan fingerprint density at radius 1 is 1.21 bits per heavy atom. The number of amides is 2. The SMILES string of the molecule is CCN(CC)c1ccc(NC(=O)NCC2CN(Cc3ccccc3)CCO2)cn1. The van der Waals surface area contributed by atoms with Gasteiger partial charge in [0.15, 0.2) is 0 Å². The first-order valence-electron chi connectivity index (χ1n) is 10.3. The lowest BCUT2D eigenvalue weighted by molar-refractivity contribution is -0.0285. The van der Waals surface area contributed by atoms with Gasteiger partial charge in [-0.05, 0) is 31.5 Å². The van der Waals surface area contributed by atoms with Crippen LogP contribution in [0.5, 0.6) is 0 Å². The Balaban J connectivity index is 1.43. The van der Waals surface area contributed by atoms with E-state index in [1.54, 1.807) is 6.20 Å². The number of hydrogen-bond acceptors (Lipinski definition) is 5. The summed E-state index contributed by atoms with van der Waals surface area (Å²) in [4.78, 5) is 21.2. The Hall–Kier alpha value is -2.64. The van der Waals surface area contributed by atoms with Gasteiger partial charge in [0.2, 0.25) is 0 Å². The third-order valence-electron chi connectivity index (χ3n) is 5.06. The van der Waals surface area contributed by atoms with Gasteiger partial charge in [-0.25, -0.2) is 9.78 Å². The Morgan fingerprint density at radius 3 is 2.69 bits per heavy atom. The highest BCUT2D eigenvalue weighted by Gasteiger charge is 2.21. The molecule has 1 aromatic carbocycles. The summed E-state index contributed by atoms with van der Waals surface area (Å²) in [6.07, 6.45) is 1.67. The number of anilines is 2. The molecule has 156 valence electrons. The summed E-state index contributed by atoms with van der Waals surface area (Å²) < 4.78 is 5.81. The van der Waals surface area contributed by atoms with E-state index in [2.05, 4.69) is 63.5 Å². The standard InChI is InChI=1S/C22H31N5O2/c1-3-27(4-2)21-11-10-19(14-23-21)25-22(28)24-15-20-17-26(12-13-29-20)16-18-8-6-5-7-9-18/h5-11,14,20H,3-4,12-13,15-17H2,1-2H3,(H2,24,25,28). The molecule has 7 heteroatoms. The summed E-state index contributed by atoms with van der Waals surface area (Å²) >= 11 is 0. The fourth-order valence-corrected chi connectivity index (χ4v) is 3.47. The second-order valence-electron chi connectivity index (χ2n) is 7.13. The molecule has 1 aromatic heterocycles. The number of pyridine rings is 1. The minimum absolute atomic E-state index is 0.0126. The zero-order chi connectivity index (χ0) is 20.5. The maximum atomic E-state index is 12.2. The predicted octanol–water partition coefficient (Wildman–Crippen LogP) is 2.95. The largest absolute Gasteiger partial charge is 0.374 e. The molecular formula is C22H31N5O2. The molecule has 1 unspecified atom stereocenters. The van der Waals surface area contributed by atoms with Crippen LogP contribution in [0.4, 0.5) is 16.3 Å². The van der Waals surface area contributed by atoms with Gasteiger partial charge in [0.1, 0.15) is 5.82 Å². The van der Waals surface area contributed by atoms with Crippen LogP contribution in [-0.4, -0.2) is 61.3 Å². The van der Waals surface area contributed by atoms with E-state index in [4.69, 9.17) is 4.74 Å². The number of rotatable bonds is 8. The first kappa shape index (κ1) is 21.1. The van der Waals surface area contributed by atoms with Crippen LogP contribution in [0.3, 0.4) is 0 Å². The summed E-state index contributed by atoms with van der Waals surface area (Å²) in [5.41, 5.74) is 1.97. The van der Waals surface area contributed by atoms with Crippen molar-refractivity contribution in [2.24, 2.45) is 0 Å². The van der Waals surface area contributed by atoms with Crippen LogP contribution in [-0.2, 0) is 11.3 Å². The van der Waals surface area contributed by atoms with Gasteiger partial charge in [-0.15, -0.1) is 0 Å². The minimum Gasteiger partial charge on any atom is -0.374 e. The second-order valence-corrected chi connectivity index (χ2v) is 7.13. The quantitative estimate of drug-likeness (QED) is 0.717. The Morgan fingerprint density at radius 2 is 2.00 bits per heavy atom. The number of ether oxygens (including phenoxy) is 1. The molecule has 1 saturated heterocycles. The van der Waals surface area contributed by atoms with Gasteiger partial charge in [0, 0.05) is 39.3 Å². The van der Waals surface area contributed by atoms with Crippen LogP contribution in [0.1, 0.15) is 19.4 Å². The lowest BCUT2D eigenvalue weighted by atomic mass is 10.2. The molecule has 29 heavy (non-hydrogen) atoms. The van der Waals surface area contributed by atoms with Crippen molar-refractivity contribution in [3.8, 4) is 0 Å². The van der Waals surface area contributed by atoms with Crippen LogP contribution in [0.2, 0.25) is 0 Å². The molecule has 1 atom stereocenters. The fraction of sp³-hybridized carbons (Fsp3) is 0.455. The Kier molecular flexibility index (Phi) is 7.84. The molecule has 2 heterocycles. The molecule has 0 saturated carbocycles. The van der Waals surface area contributed by atoms with Gasteiger partial charge in [0.25, 0.3) is 0 Å². The van der Waals surface area contributed by atoms with Crippen LogP contribution < -0.4 is 15.5 Å². The van der Waals surface area contributed by atoms with Crippen molar-refractivity contribution in [3.63, 3.8) is 0 Å².